The van der Waals surface area contributed by atoms with Gasteiger partial charge in [-0.15, -0.1) is 16.4 Å². The molecule has 0 saturated heterocycles. The van der Waals surface area contributed by atoms with Crippen molar-refractivity contribution in [1.82, 2.24) is 25.3 Å². The number of aromatic nitrogens is 3. The zero-order valence-corrected chi connectivity index (χ0v) is 12.1. The molecule has 0 aliphatic heterocycles. The molecule has 7 nitrogen and oxygen atoms in total. The maximum Gasteiger partial charge on any atom is 0.287 e. The minimum absolute atomic E-state index is 0.230. The van der Waals surface area contributed by atoms with Gasteiger partial charge in [-0.25, -0.2) is 5.84 Å². The molecule has 0 aliphatic carbocycles. The Morgan fingerprint density at radius 1 is 1.60 bits per heavy atom. The van der Waals surface area contributed by atoms with Crippen LogP contribution in [0.3, 0.4) is 0 Å². The molecule has 108 valence electrons. The van der Waals surface area contributed by atoms with Gasteiger partial charge in [0.25, 0.3) is 5.91 Å². The van der Waals surface area contributed by atoms with Crippen LogP contribution in [0.25, 0.3) is 0 Å². The third-order valence-electron chi connectivity index (χ3n) is 2.95. The first-order valence-corrected chi connectivity index (χ1v) is 7.26. The third kappa shape index (κ3) is 3.86. The first kappa shape index (κ1) is 14.6. The fourth-order valence-electron chi connectivity index (χ4n) is 1.80. The molecule has 3 N–H and O–H groups in total. The zero-order chi connectivity index (χ0) is 14.4. The molecule has 0 atom stereocenters. The summed E-state index contributed by atoms with van der Waals surface area (Å²) in [7, 11) is 0. The van der Waals surface area contributed by atoms with Gasteiger partial charge in [0.05, 0.1) is 12.7 Å². The maximum atomic E-state index is 11.3. The molecule has 2 aromatic heterocycles. The van der Waals surface area contributed by atoms with Crippen LogP contribution in [0.4, 0.5) is 0 Å². The Bertz CT molecular complexity index is 538. The van der Waals surface area contributed by atoms with Gasteiger partial charge >= 0.3 is 0 Å². The standard InChI is InChI=1S/C12H18N6OS/c1-2-17(8-10-4-3-7-20-10)5-6-18-9-11(15-16-18)12(19)14-13/h3-4,7,9H,2,5-6,8,13H2,1H3,(H,14,19). The molecule has 0 radical (unpaired) electrons. The first-order chi connectivity index (χ1) is 9.72. The fourth-order valence-corrected chi connectivity index (χ4v) is 2.55. The van der Waals surface area contributed by atoms with E-state index in [1.165, 1.54) is 4.88 Å². The highest BCUT2D eigenvalue weighted by molar-refractivity contribution is 7.09. The van der Waals surface area contributed by atoms with Gasteiger partial charge in [-0.2, -0.15) is 0 Å². The summed E-state index contributed by atoms with van der Waals surface area (Å²) in [6.07, 6.45) is 1.60. The topological polar surface area (TPSA) is 89.1 Å². The van der Waals surface area contributed by atoms with E-state index in [0.29, 0.717) is 6.54 Å². The van der Waals surface area contributed by atoms with E-state index in [1.54, 1.807) is 22.2 Å². The number of carbonyl (C=O) groups is 1. The molecule has 2 aromatic rings. The Morgan fingerprint density at radius 2 is 2.45 bits per heavy atom. The molecule has 8 heteroatoms. The lowest BCUT2D eigenvalue weighted by molar-refractivity contribution is 0.0948. The van der Waals surface area contributed by atoms with Crippen molar-refractivity contribution in [3.63, 3.8) is 0 Å². The van der Waals surface area contributed by atoms with E-state index in [2.05, 4.69) is 39.6 Å². The van der Waals surface area contributed by atoms with Gasteiger partial charge in [0.1, 0.15) is 0 Å². The molecule has 0 saturated carbocycles. The number of hydrogen-bond donors (Lipinski definition) is 2. The average molecular weight is 294 g/mol. The van der Waals surface area contributed by atoms with Crippen LogP contribution in [0.2, 0.25) is 0 Å². The summed E-state index contributed by atoms with van der Waals surface area (Å²) < 4.78 is 1.65. The van der Waals surface area contributed by atoms with Gasteiger partial charge in [0.2, 0.25) is 0 Å². The molecule has 1 amide bonds. The Balaban J connectivity index is 1.86. The molecule has 0 fully saturated rings. The molecular weight excluding hydrogens is 276 g/mol. The second kappa shape index (κ2) is 7.13. The Kier molecular flexibility index (Phi) is 5.22. The number of thiophene rings is 1. The van der Waals surface area contributed by atoms with Crippen LogP contribution in [0.5, 0.6) is 0 Å². The summed E-state index contributed by atoms with van der Waals surface area (Å²) in [6.45, 7) is 5.55. The molecule has 20 heavy (non-hydrogen) atoms. The van der Waals surface area contributed by atoms with E-state index in [4.69, 9.17) is 5.84 Å². The van der Waals surface area contributed by atoms with E-state index < -0.39 is 5.91 Å². The van der Waals surface area contributed by atoms with Gasteiger partial charge in [-0.1, -0.05) is 18.2 Å². The van der Waals surface area contributed by atoms with Gasteiger partial charge < -0.3 is 0 Å². The molecule has 0 unspecified atom stereocenters. The van der Waals surface area contributed by atoms with Crippen LogP contribution in [0, 0.1) is 0 Å². The van der Waals surface area contributed by atoms with Crippen LogP contribution >= 0.6 is 11.3 Å². The number of nitrogen functional groups attached to an aromatic ring is 1. The van der Waals surface area contributed by atoms with Gasteiger partial charge in [-0.3, -0.25) is 19.8 Å². The number of carbonyl (C=O) groups excluding carboxylic acids is 1. The van der Waals surface area contributed by atoms with Crippen molar-refractivity contribution in [3.8, 4) is 0 Å². The number of rotatable bonds is 7. The molecule has 2 heterocycles. The van der Waals surface area contributed by atoms with Crippen molar-refractivity contribution >= 4 is 17.2 Å². The minimum atomic E-state index is -0.429. The molecule has 0 aromatic carbocycles. The van der Waals surface area contributed by atoms with Crippen molar-refractivity contribution in [1.29, 1.82) is 0 Å². The number of nitrogens with two attached hydrogens (primary N) is 1. The number of nitrogens with one attached hydrogen (secondary N) is 1. The number of amides is 1. The second-order valence-electron chi connectivity index (χ2n) is 4.29. The number of nitrogens with zero attached hydrogens (tertiary/aromatic N) is 4. The summed E-state index contributed by atoms with van der Waals surface area (Å²) in [5.41, 5.74) is 2.27. The Hall–Kier alpha value is -1.77. The largest absolute Gasteiger partial charge is 0.297 e. The maximum absolute atomic E-state index is 11.3. The second-order valence-corrected chi connectivity index (χ2v) is 5.32. The summed E-state index contributed by atoms with van der Waals surface area (Å²) in [5.74, 6) is 4.62. The first-order valence-electron chi connectivity index (χ1n) is 6.38. The predicted molar refractivity (Wildman–Crippen MR) is 76.9 cm³/mol. The highest BCUT2D eigenvalue weighted by atomic mass is 32.1. The highest BCUT2D eigenvalue weighted by Gasteiger charge is 2.10. The third-order valence-corrected chi connectivity index (χ3v) is 3.82. The normalized spacial score (nSPS) is 10.9. The lowest BCUT2D eigenvalue weighted by Crippen LogP contribution is -2.30. The molecule has 0 aliphatic rings. The minimum Gasteiger partial charge on any atom is -0.297 e. The Labute approximate surface area is 121 Å². The summed E-state index contributed by atoms with van der Waals surface area (Å²) in [5, 5.41) is 9.77. The van der Waals surface area contributed by atoms with Crippen molar-refractivity contribution in [3.05, 3.63) is 34.3 Å². The predicted octanol–water partition coefficient (Wildman–Crippen LogP) is 0.465. The fraction of sp³-hybridized carbons (Fsp3) is 0.417. The average Bonchev–Trinajstić information content (AvgIpc) is 3.13. The number of likely N-dealkylation sites (N-methyl/N-ethyl adjacent to an activating group) is 1. The molecule has 0 bridgehead atoms. The van der Waals surface area contributed by atoms with Crippen molar-refractivity contribution in [2.75, 3.05) is 13.1 Å². The van der Waals surface area contributed by atoms with Crippen molar-refractivity contribution in [2.24, 2.45) is 5.84 Å². The van der Waals surface area contributed by atoms with E-state index in [-0.39, 0.29) is 5.69 Å². The van der Waals surface area contributed by atoms with Crippen molar-refractivity contribution < 1.29 is 4.79 Å². The van der Waals surface area contributed by atoms with Crippen LogP contribution in [-0.4, -0.2) is 38.9 Å². The van der Waals surface area contributed by atoms with Crippen LogP contribution in [0.1, 0.15) is 22.3 Å². The quantitative estimate of drug-likeness (QED) is 0.440. The summed E-state index contributed by atoms with van der Waals surface area (Å²) in [4.78, 5) is 14.9. The Morgan fingerprint density at radius 3 is 3.10 bits per heavy atom. The van der Waals surface area contributed by atoms with E-state index in [1.807, 2.05) is 5.43 Å². The summed E-state index contributed by atoms with van der Waals surface area (Å²) in [6, 6.07) is 4.19. The van der Waals surface area contributed by atoms with Gasteiger partial charge in [0.15, 0.2) is 5.69 Å². The molecular formula is C12H18N6OS. The summed E-state index contributed by atoms with van der Waals surface area (Å²) >= 11 is 1.76. The van der Waals surface area contributed by atoms with E-state index in [0.717, 1.165) is 19.6 Å². The SMILES string of the molecule is CCN(CCn1cc(C(=O)NN)nn1)Cc1cccs1. The molecule has 2 rings (SSSR count). The molecule has 0 spiro atoms. The van der Waals surface area contributed by atoms with Crippen LogP contribution in [0.15, 0.2) is 23.7 Å². The van der Waals surface area contributed by atoms with Gasteiger partial charge in [-0.05, 0) is 18.0 Å². The highest BCUT2D eigenvalue weighted by Crippen LogP contribution is 2.11. The van der Waals surface area contributed by atoms with E-state index in [9.17, 15) is 4.79 Å². The number of hydrazine groups is 1. The lowest BCUT2D eigenvalue weighted by atomic mass is 10.4. The van der Waals surface area contributed by atoms with Crippen LogP contribution in [-0.2, 0) is 13.1 Å². The van der Waals surface area contributed by atoms with Crippen molar-refractivity contribution in [2.45, 2.75) is 20.0 Å². The monoisotopic (exact) mass is 294 g/mol. The van der Waals surface area contributed by atoms with Crippen LogP contribution < -0.4 is 11.3 Å². The number of hydrogen-bond acceptors (Lipinski definition) is 6. The van der Waals surface area contributed by atoms with Gasteiger partial charge in [0, 0.05) is 18.0 Å². The smallest absolute Gasteiger partial charge is 0.287 e. The zero-order valence-electron chi connectivity index (χ0n) is 11.3. The van der Waals surface area contributed by atoms with E-state index >= 15 is 0 Å². The lowest BCUT2D eigenvalue weighted by Gasteiger charge is -2.19.